The van der Waals surface area contributed by atoms with E-state index in [-0.39, 0.29) is 6.61 Å². The summed E-state index contributed by atoms with van der Waals surface area (Å²) >= 11 is 7.44. The van der Waals surface area contributed by atoms with Crippen molar-refractivity contribution in [3.8, 4) is 0 Å². The lowest BCUT2D eigenvalue weighted by molar-refractivity contribution is -0.146. The number of rotatable bonds is 6. The van der Waals surface area contributed by atoms with Crippen molar-refractivity contribution >= 4 is 40.9 Å². The van der Waals surface area contributed by atoms with E-state index < -0.39 is 17.1 Å². The minimum atomic E-state index is -0.436. The second-order valence-electron chi connectivity index (χ2n) is 5.21. The SMILES string of the molecule is Cc1ccc(NC(=O)COC(=O)[C@@H](C)Sc2ccccc2)c(Cl)c1. The van der Waals surface area contributed by atoms with Crippen molar-refractivity contribution in [2.45, 2.75) is 24.0 Å². The molecule has 0 spiro atoms. The maximum Gasteiger partial charge on any atom is 0.319 e. The molecule has 2 aromatic rings. The van der Waals surface area contributed by atoms with Crippen molar-refractivity contribution in [1.82, 2.24) is 0 Å². The number of hydrogen-bond acceptors (Lipinski definition) is 4. The molecule has 0 heterocycles. The molecule has 2 aromatic carbocycles. The molecular weight excluding hydrogens is 346 g/mol. The predicted octanol–water partition coefficient (Wildman–Crippen LogP) is 4.31. The van der Waals surface area contributed by atoms with Crippen molar-refractivity contribution in [1.29, 1.82) is 0 Å². The molecule has 0 aliphatic heterocycles. The predicted molar refractivity (Wildman–Crippen MR) is 97.5 cm³/mol. The Bertz CT molecular complexity index is 721. The molecule has 2 rings (SSSR count). The molecule has 0 saturated heterocycles. The van der Waals surface area contributed by atoms with Gasteiger partial charge in [-0.05, 0) is 43.7 Å². The maximum absolute atomic E-state index is 12.0. The average Bonchev–Trinajstić information content (AvgIpc) is 2.56. The van der Waals surface area contributed by atoms with Crippen LogP contribution in [0.2, 0.25) is 5.02 Å². The van der Waals surface area contributed by atoms with Crippen LogP contribution >= 0.6 is 23.4 Å². The second kappa shape index (κ2) is 8.76. The zero-order chi connectivity index (χ0) is 17.5. The van der Waals surface area contributed by atoms with E-state index in [0.717, 1.165) is 10.5 Å². The fourth-order valence-electron chi connectivity index (χ4n) is 1.91. The van der Waals surface area contributed by atoms with Gasteiger partial charge in [-0.3, -0.25) is 9.59 Å². The van der Waals surface area contributed by atoms with Crippen LogP contribution in [-0.4, -0.2) is 23.7 Å². The molecule has 0 radical (unpaired) electrons. The molecule has 1 amide bonds. The highest BCUT2D eigenvalue weighted by atomic mass is 35.5. The van der Waals surface area contributed by atoms with Crippen LogP contribution in [0.5, 0.6) is 0 Å². The van der Waals surface area contributed by atoms with Crippen molar-refractivity contribution in [2.75, 3.05) is 11.9 Å². The number of ether oxygens (including phenoxy) is 1. The number of halogens is 1. The molecule has 0 unspecified atom stereocenters. The number of esters is 1. The molecule has 0 fully saturated rings. The smallest absolute Gasteiger partial charge is 0.319 e. The lowest BCUT2D eigenvalue weighted by atomic mass is 10.2. The van der Waals surface area contributed by atoms with Crippen LogP contribution in [0.4, 0.5) is 5.69 Å². The average molecular weight is 364 g/mol. The lowest BCUT2D eigenvalue weighted by Crippen LogP contribution is -2.24. The summed E-state index contributed by atoms with van der Waals surface area (Å²) in [5.74, 6) is -0.861. The fourth-order valence-corrected chi connectivity index (χ4v) is 3.08. The molecular formula is C18H18ClNO3S. The Labute approximate surface area is 150 Å². The highest BCUT2D eigenvalue weighted by Gasteiger charge is 2.17. The summed E-state index contributed by atoms with van der Waals surface area (Å²) in [6.45, 7) is 3.31. The van der Waals surface area contributed by atoms with Gasteiger partial charge in [0.05, 0.1) is 10.7 Å². The first kappa shape index (κ1) is 18.4. The minimum absolute atomic E-state index is 0.345. The number of carbonyl (C=O) groups is 2. The van der Waals surface area contributed by atoms with Gasteiger partial charge < -0.3 is 10.1 Å². The summed E-state index contributed by atoms with van der Waals surface area (Å²) < 4.78 is 5.06. The number of benzene rings is 2. The van der Waals surface area contributed by atoms with Crippen LogP contribution in [0.3, 0.4) is 0 Å². The molecule has 24 heavy (non-hydrogen) atoms. The second-order valence-corrected chi connectivity index (χ2v) is 7.03. The summed E-state index contributed by atoms with van der Waals surface area (Å²) in [6.07, 6.45) is 0. The third-order valence-electron chi connectivity index (χ3n) is 3.13. The highest BCUT2D eigenvalue weighted by molar-refractivity contribution is 8.00. The lowest BCUT2D eigenvalue weighted by Gasteiger charge is -2.12. The Morgan fingerprint density at radius 1 is 1.21 bits per heavy atom. The molecule has 0 bridgehead atoms. The van der Waals surface area contributed by atoms with E-state index in [4.69, 9.17) is 16.3 Å². The van der Waals surface area contributed by atoms with Gasteiger partial charge in [-0.1, -0.05) is 35.9 Å². The summed E-state index contributed by atoms with van der Waals surface area (Å²) in [5.41, 5.74) is 1.49. The Balaban J connectivity index is 1.81. The minimum Gasteiger partial charge on any atom is -0.455 e. The first-order valence-corrected chi connectivity index (χ1v) is 8.66. The number of hydrogen-bond donors (Lipinski definition) is 1. The monoisotopic (exact) mass is 363 g/mol. The van der Waals surface area contributed by atoms with Crippen LogP contribution in [0.15, 0.2) is 53.4 Å². The summed E-state index contributed by atoms with van der Waals surface area (Å²) in [4.78, 5) is 24.8. The van der Waals surface area contributed by atoms with Gasteiger partial charge in [-0.15, -0.1) is 11.8 Å². The number of carbonyl (C=O) groups excluding carboxylic acids is 2. The van der Waals surface area contributed by atoms with Crippen molar-refractivity contribution in [2.24, 2.45) is 0 Å². The Morgan fingerprint density at radius 2 is 1.92 bits per heavy atom. The van der Waals surface area contributed by atoms with Gasteiger partial charge >= 0.3 is 5.97 Å². The third-order valence-corrected chi connectivity index (χ3v) is 4.54. The van der Waals surface area contributed by atoms with Crippen LogP contribution in [0, 0.1) is 6.92 Å². The molecule has 0 aromatic heterocycles. The quantitative estimate of drug-likeness (QED) is 0.613. The van der Waals surface area contributed by atoms with Gasteiger partial charge in [0.1, 0.15) is 5.25 Å². The molecule has 1 N–H and O–H groups in total. The van der Waals surface area contributed by atoms with E-state index in [1.807, 2.05) is 43.3 Å². The highest BCUT2D eigenvalue weighted by Crippen LogP contribution is 2.24. The Morgan fingerprint density at radius 3 is 2.58 bits per heavy atom. The molecule has 4 nitrogen and oxygen atoms in total. The maximum atomic E-state index is 12.0. The van der Waals surface area contributed by atoms with Crippen LogP contribution in [0.1, 0.15) is 12.5 Å². The van der Waals surface area contributed by atoms with Crippen LogP contribution in [0.25, 0.3) is 0 Å². The van der Waals surface area contributed by atoms with Crippen LogP contribution < -0.4 is 5.32 Å². The molecule has 0 aliphatic carbocycles. The van der Waals surface area contributed by atoms with E-state index in [2.05, 4.69) is 5.32 Å². The standard InChI is InChI=1S/C18H18ClNO3S/c1-12-8-9-16(15(19)10-12)20-17(21)11-23-18(22)13(2)24-14-6-4-3-5-7-14/h3-10,13H,11H2,1-2H3,(H,20,21)/t13-/m1/s1. The van der Waals surface area contributed by atoms with Gasteiger partial charge in [0.25, 0.3) is 5.91 Å². The largest absolute Gasteiger partial charge is 0.455 e. The van der Waals surface area contributed by atoms with Gasteiger partial charge in [-0.25, -0.2) is 0 Å². The van der Waals surface area contributed by atoms with Gasteiger partial charge in [0, 0.05) is 4.90 Å². The number of nitrogens with one attached hydrogen (secondary N) is 1. The molecule has 0 aliphatic rings. The molecule has 1 atom stereocenters. The van der Waals surface area contributed by atoms with Crippen molar-refractivity contribution in [3.63, 3.8) is 0 Å². The third kappa shape index (κ3) is 5.58. The normalized spacial score (nSPS) is 11.6. The van der Waals surface area contributed by atoms with E-state index in [0.29, 0.717) is 10.7 Å². The number of aryl methyl sites for hydroxylation is 1. The van der Waals surface area contributed by atoms with Gasteiger partial charge in [-0.2, -0.15) is 0 Å². The van der Waals surface area contributed by atoms with Crippen molar-refractivity contribution in [3.05, 3.63) is 59.1 Å². The van der Waals surface area contributed by atoms with Gasteiger partial charge in [0.2, 0.25) is 0 Å². The zero-order valence-corrected chi connectivity index (χ0v) is 15.0. The summed E-state index contributed by atoms with van der Waals surface area (Å²) in [5, 5.41) is 2.67. The topological polar surface area (TPSA) is 55.4 Å². The van der Waals surface area contributed by atoms with E-state index in [1.54, 1.807) is 19.1 Å². The Kier molecular flexibility index (Phi) is 6.70. The van der Waals surface area contributed by atoms with E-state index in [9.17, 15) is 9.59 Å². The van der Waals surface area contributed by atoms with E-state index in [1.165, 1.54) is 11.8 Å². The Hall–Kier alpha value is -1.98. The van der Waals surface area contributed by atoms with Crippen LogP contribution in [-0.2, 0) is 14.3 Å². The fraction of sp³-hybridized carbons (Fsp3) is 0.222. The summed E-state index contributed by atoms with van der Waals surface area (Å²) in [7, 11) is 0. The number of anilines is 1. The zero-order valence-electron chi connectivity index (χ0n) is 13.4. The first-order valence-electron chi connectivity index (χ1n) is 7.40. The van der Waals surface area contributed by atoms with Gasteiger partial charge in [0.15, 0.2) is 6.61 Å². The summed E-state index contributed by atoms with van der Waals surface area (Å²) in [6, 6.07) is 14.9. The molecule has 126 valence electrons. The molecule has 6 heteroatoms. The van der Waals surface area contributed by atoms with Crippen molar-refractivity contribution < 1.29 is 14.3 Å². The number of thioether (sulfide) groups is 1. The van der Waals surface area contributed by atoms with E-state index >= 15 is 0 Å². The molecule has 0 saturated carbocycles. The first-order chi connectivity index (χ1) is 11.5. The number of amides is 1.